The average molecular weight is 302 g/mol. The van der Waals surface area contributed by atoms with Crippen molar-refractivity contribution in [1.82, 2.24) is 4.90 Å². The fraction of sp³-hybridized carbons (Fsp3) is 0.529. The van der Waals surface area contributed by atoms with Crippen molar-refractivity contribution < 1.29 is 14.3 Å². The molecular weight excluding hydrogens is 280 g/mol. The molecule has 22 heavy (non-hydrogen) atoms. The summed E-state index contributed by atoms with van der Waals surface area (Å²) >= 11 is 0. The van der Waals surface area contributed by atoms with E-state index >= 15 is 0 Å². The minimum absolute atomic E-state index is 0.0324. The Labute approximate surface area is 130 Å². The second-order valence-corrected chi connectivity index (χ2v) is 6.12. The highest BCUT2D eigenvalue weighted by Gasteiger charge is 2.38. The summed E-state index contributed by atoms with van der Waals surface area (Å²) in [6.45, 7) is 3.34. The first-order chi connectivity index (χ1) is 10.6. The molecule has 0 aromatic heterocycles. The number of ether oxygens (including phenoxy) is 1. The summed E-state index contributed by atoms with van der Waals surface area (Å²) in [6, 6.07) is 7.80. The number of hydrogen-bond donors (Lipinski definition) is 1. The van der Waals surface area contributed by atoms with Crippen molar-refractivity contribution >= 4 is 17.5 Å². The quantitative estimate of drug-likeness (QED) is 0.930. The van der Waals surface area contributed by atoms with E-state index in [2.05, 4.69) is 5.32 Å². The molecule has 1 N–H and O–H groups in total. The zero-order chi connectivity index (χ0) is 15.5. The van der Waals surface area contributed by atoms with E-state index in [0.29, 0.717) is 6.61 Å². The number of aryl methyl sites for hydroxylation is 1. The van der Waals surface area contributed by atoms with Crippen LogP contribution < -0.4 is 5.32 Å². The van der Waals surface area contributed by atoms with Gasteiger partial charge in [0, 0.05) is 12.2 Å². The van der Waals surface area contributed by atoms with Crippen LogP contribution in [0.15, 0.2) is 24.3 Å². The molecule has 2 aliphatic rings. The number of amides is 2. The Kier molecular flexibility index (Phi) is 4.43. The third-order valence-electron chi connectivity index (χ3n) is 4.38. The summed E-state index contributed by atoms with van der Waals surface area (Å²) in [5.41, 5.74) is 1.88. The maximum absolute atomic E-state index is 12.4. The van der Waals surface area contributed by atoms with Crippen molar-refractivity contribution in [1.29, 1.82) is 0 Å². The normalized spacial score (nSPS) is 24.8. The molecule has 2 aliphatic heterocycles. The molecule has 0 aliphatic carbocycles. The Balaban J connectivity index is 1.57. The first-order valence-corrected chi connectivity index (χ1v) is 7.92. The number of piperidine rings is 1. The molecule has 2 amide bonds. The summed E-state index contributed by atoms with van der Waals surface area (Å²) in [6.07, 6.45) is 2.64. The molecule has 118 valence electrons. The van der Waals surface area contributed by atoms with Crippen LogP contribution in [-0.4, -0.2) is 42.0 Å². The van der Waals surface area contributed by atoms with Gasteiger partial charge in [-0.1, -0.05) is 17.7 Å². The Morgan fingerprint density at radius 1 is 1.32 bits per heavy atom. The summed E-state index contributed by atoms with van der Waals surface area (Å²) in [5.74, 6) is -0.215. The van der Waals surface area contributed by atoms with E-state index in [1.54, 1.807) is 0 Å². The van der Waals surface area contributed by atoms with Crippen LogP contribution in [0.5, 0.6) is 0 Å². The molecule has 5 heteroatoms. The number of carbonyl (C=O) groups is 2. The number of fused-ring (bicyclic) bond motifs is 1. The number of carbonyl (C=O) groups excluding carboxylic acids is 2. The van der Waals surface area contributed by atoms with Crippen LogP contribution in [0, 0.1) is 6.92 Å². The second kappa shape index (κ2) is 6.48. The SMILES string of the molecule is Cc1ccc(NC(=O)C[C@@H]2OC[C@@H]3CCCCN3C2=O)cc1. The molecule has 2 saturated heterocycles. The van der Waals surface area contributed by atoms with Crippen molar-refractivity contribution in [2.75, 3.05) is 18.5 Å². The van der Waals surface area contributed by atoms with Crippen molar-refractivity contribution in [3.05, 3.63) is 29.8 Å². The summed E-state index contributed by atoms with van der Waals surface area (Å²) in [7, 11) is 0. The number of hydrogen-bond acceptors (Lipinski definition) is 3. The monoisotopic (exact) mass is 302 g/mol. The Bertz CT molecular complexity index is 556. The van der Waals surface area contributed by atoms with E-state index in [1.807, 2.05) is 36.1 Å². The topological polar surface area (TPSA) is 58.6 Å². The lowest BCUT2D eigenvalue weighted by Gasteiger charge is -2.41. The number of rotatable bonds is 3. The van der Waals surface area contributed by atoms with Crippen molar-refractivity contribution in [3.8, 4) is 0 Å². The van der Waals surface area contributed by atoms with Crippen molar-refractivity contribution in [2.24, 2.45) is 0 Å². The Morgan fingerprint density at radius 3 is 2.86 bits per heavy atom. The molecule has 0 spiro atoms. The fourth-order valence-corrected chi connectivity index (χ4v) is 3.11. The number of nitrogens with zero attached hydrogens (tertiary/aromatic N) is 1. The van der Waals surface area contributed by atoms with E-state index < -0.39 is 6.10 Å². The van der Waals surface area contributed by atoms with Gasteiger partial charge in [-0.05, 0) is 38.3 Å². The zero-order valence-corrected chi connectivity index (χ0v) is 12.9. The molecule has 3 rings (SSSR count). The van der Waals surface area contributed by atoms with E-state index in [4.69, 9.17) is 4.74 Å². The van der Waals surface area contributed by atoms with Gasteiger partial charge < -0.3 is 15.0 Å². The van der Waals surface area contributed by atoms with Crippen LogP contribution in [0.2, 0.25) is 0 Å². The van der Waals surface area contributed by atoms with Crippen LogP contribution in [0.4, 0.5) is 5.69 Å². The van der Waals surface area contributed by atoms with E-state index in [1.165, 1.54) is 0 Å². The number of benzene rings is 1. The second-order valence-electron chi connectivity index (χ2n) is 6.12. The lowest BCUT2D eigenvalue weighted by atomic mass is 9.99. The Hall–Kier alpha value is -1.88. The molecule has 2 atom stereocenters. The minimum atomic E-state index is -0.639. The third-order valence-corrected chi connectivity index (χ3v) is 4.38. The standard InChI is InChI=1S/C17H22N2O3/c1-12-5-7-13(8-6-12)18-16(20)10-15-17(21)19-9-3-2-4-14(19)11-22-15/h5-8,14-15H,2-4,9-11H2,1H3,(H,18,20)/t14-,15-/m0/s1. The van der Waals surface area contributed by atoms with Crippen LogP contribution in [0.1, 0.15) is 31.2 Å². The predicted molar refractivity (Wildman–Crippen MR) is 83.5 cm³/mol. The number of nitrogens with one attached hydrogen (secondary N) is 1. The lowest BCUT2D eigenvalue weighted by Crippen LogP contribution is -2.56. The average Bonchev–Trinajstić information content (AvgIpc) is 2.53. The van der Waals surface area contributed by atoms with Gasteiger partial charge in [-0.2, -0.15) is 0 Å². The molecule has 5 nitrogen and oxygen atoms in total. The van der Waals surface area contributed by atoms with Crippen LogP contribution >= 0.6 is 0 Å². The third kappa shape index (κ3) is 3.30. The van der Waals surface area contributed by atoms with Gasteiger partial charge >= 0.3 is 0 Å². The van der Waals surface area contributed by atoms with Crippen molar-refractivity contribution in [2.45, 2.75) is 44.8 Å². The Morgan fingerprint density at radius 2 is 2.09 bits per heavy atom. The molecular formula is C17H22N2O3. The molecule has 0 bridgehead atoms. The lowest BCUT2D eigenvalue weighted by molar-refractivity contribution is -0.163. The number of morpholine rings is 1. The molecule has 0 radical (unpaired) electrons. The molecule has 1 aromatic carbocycles. The highest BCUT2D eigenvalue weighted by Crippen LogP contribution is 2.24. The fourth-order valence-electron chi connectivity index (χ4n) is 3.11. The van der Waals surface area contributed by atoms with Gasteiger partial charge in [0.2, 0.25) is 5.91 Å². The number of anilines is 1. The summed E-state index contributed by atoms with van der Waals surface area (Å²) in [4.78, 5) is 26.4. The first-order valence-electron chi connectivity index (χ1n) is 7.92. The van der Waals surface area contributed by atoms with Crippen LogP contribution in [0.25, 0.3) is 0 Å². The van der Waals surface area contributed by atoms with Crippen LogP contribution in [0.3, 0.4) is 0 Å². The highest BCUT2D eigenvalue weighted by molar-refractivity contribution is 5.95. The van der Waals surface area contributed by atoms with Gasteiger partial charge in [-0.3, -0.25) is 9.59 Å². The predicted octanol–water partition coefficient (Wildman–Crippen LogP) is 2.10. The van der Waals surface area contributed by atoms with Gasteiger partial charge in [-0.25, -0.2) is 0 Å². The van der Waals surface area contributed by atoms with Crippen molar-refractivity contribution in [3.63, 3.8) is 0 Å². The largest absolute Gasteiger partial charge is 0.366 e. The molecule has 2 heterocycles. The molecule has 2 fully saturated rings. The van der Waals surface area contributed by atoms with Gasteiger partial charge in [0.05, 0.1) is 19.1 Å². The minimum Gasteiger partial charge on any atom is -0.366 e. The molecule has 0 saturated carbocycles. The maximum Gasteiger partial charge on any atom is 0.252 e. The zero-order valence-electron chi connectivity index (χ0n) is 12.9. The van der Waals surface area contributed by atoms with Gasteiger partial charge in [0.25, 0.3) is 5.91 Å². The first kappa shape index (κ1) is 15.0. The highest BCUT2D eigenvalue weighted by atomic mass is 16.5. The smallest absolute Gasteiger partial charge is 0.252 e. The molecule has 0 unspecified atom stereocenters. The maximum atomic E-state index is 12.4. The van der Waals surface area contributed by atoms with E-state index in [-0.39, 0.29) is 24.3 Å². The summed E-state index contributed by atoms with van der Waals surface area (Å²) < 4.78 is 5.64. The van der Waals surface area contributed by atoms with Crippen LogP contribution in [-0.2, 0) is 14.3 Å². The van der Waals surface area contributed by atoms with Gasteiger partial charge in [0.15, 0.2) is 0 Å². The molecule has 1 aromatic rings. The van der Waals surface area contributed by atoms with E-state index in [0.717, 1.165) is 37.1 Å². The van der Waals surface area contributed by atoms with Gasteiger partial charge in [0.1, 0.15) is 6.10 Å². The summed E-state index contributed by atoms with van der Waals surface area (Å²) in [5, 5.41) is 2.82. The van der Waals surface area contributed by atoms with Gasteiger partial charge in [-0.15, -0.1) is 0 Å². The van der Waals surface area contributed by atoms with E-state index in [9.17, 15) is 9.59 Å².